The van der Waals surface area contributed by atoms with E-state index in [9.17, 15) is 0 Å². The van der Waals surface area contributed by atoms with Gasteiger partial charge in [0.15, 0.2) is 0 Å². The summed E-state index contributed by atoms with van der Waals surface area (Å²) in [6.45, 7) is 10.1. The van der Waals surface area contributed by atoms with Gasteiger partial charge >= 0.3 is 0 Å². The van der Waals surface area contributed by atoms with Gasteiger partial charge in [0, 0.05) is 0 Å². The van der Waals surface area contributed by atoms with Crippen molar-refractivity contribution in [1.82, 2.24) is 0 Å². The molecule has 0 aromatic rings. The van der Waals surface area contributed by atoms with E-state index in [2.05, 4.69) is 20.4 Å². The van der Waals surface area contributed by atoms with Gasteiger partial charge in [-0.25, -0.2) is 0 Å². The van der Waals surface area contributed by atoms with Gasteiger partial charge in [-0.3, -0.25) is 0 Å². The van der Waals surface area contributed by atoms with Crippen LogP contribution in [0.3, 0.4) is 0 Å². The Morgan fingerprint density at radius 3 is 2.80 bits per heavy atom. The molecule has 0 nitrogen and oxygen atoms in total. The van der Waals surface area contributed by atoms with Gasteiger partial charge in [-0.05, 0) is 31.1 Å². The molecule has 57 valence electrons. The molecule has 0 bridgehead atoms. The molecule has 0 aromatic carbocycles. The lowest BCUT2D eigenvalue weighted by Gasteiger charge is -2.01. The van der Waals surface area contributed by atoms with Crippen LogP contribution < -0.4 is 0 Å². The molecule has 1 rings (SSSR count). The molecule has 10 heavy (non-hydrogen) atoms. The van der Waals surface area contributed by atoms with Crippen molar-refractivity contribution in [2.24, 2.45) is 11.3 Å². The first-order valence-corrected chi connectivity index (χ1v) is 4.22. The van der Waals surface area contributed by atoms with Crippen LogP contribution in [0.1, 0.15) is 32.6 Å². The van der Waals surface area contributed by atoms with E-state index in [4.69, 9.17) is 0 Å². The maximum absolute atomic E-state index is 4.12. The topological polar surface area (TPSA) is 0 Å². The molecule has 0 aliphatic heterocycles. The summed E-state index contributed by atoms with van der Waals surface area (Å²) in [5.41, 5.74) is 0.273. The predicted molar refractivity (Wildman–Crippen MR) is 45.6 cm³/mol. The maximum atomic E-state index is 4.12. The molecule has 0 heteroatoms. The third-order valence-electron chi connectivity index (χ3n) is 2.59. The lowest BCUT2D eigenvalue weighted by Crippen LogP contribution is -1.91. The molecule has 1 radical (unpaired) electrons. The fourth-order valence-electron chi connectivity index (χ4n) is 1.49. The van der Waals surface area contributed by atoms with E-state index in [-0.39, 0.29) is 5.41 Å². The van der Waals surface area contributed by atoms with Crippen molar-refractivity contribution in [3.8, 4) is 0 Å². The first-order chi connectivity index (χ1) is 4.73. The monoisotopic (exact) mass is 137 g/mol. The summed E-state index contributed by atoms with van der Waals surface area (Å²) in [7, 11) is 0. The zero-order valence-corrected chi connectivity index (χ0v) is 6.90. The largest absolute Gasteiger partial charge is 0.103 e. The molecule has 1 aliphatic carbocycles. The van der Waals surface area contributed by atoms with Crippen LogP contribution in [-0.2, 0) is 0 Å². The Hall–Kier alpha value is -0.260. The summed E-state index contributed by atoms with van der Waals surface area (Å²) in [5.74, 6) is 0.852. The molecular formula is C10H17. The second-order valence-corrected chi connectivity index (χ2v) is 3.48. The highest BCUT2D eigenvalue weighted by atomic mass is 14.5. The molecule has 0 aromatic heterocycles. The molecule has 0 amide bonds. The van der Waals surface area contributed by atoms with Gasteiger partial charge in [0.25, 0.3) is 0 Å². The van der Waals surface area contributed by atoms with Crippen molar-refractivity contribution < 1.29 is 0 Å². The van der Waals surface area contributed by atoms with E-state index in [1.165, 1.54) is 25.7 Å². The summed E-state index contributed by atoms with van der Waals surface area (Å²) < 4.78 is 0. The molecule has 0 unspecified atom stereocenters. The lowest BCUT2D eigenvalue weighted by molar-refractivity contribution is 0.590. The quantitative estimate of drug-likeness (QED) is 0.522. The first-order valence-electron chi connectivity index (χ1n) is 4.22. The SMILES string of the molecule is [CH2][C@]1(C=C)C[C@@H]1CCCC. The Kier molecular flexibility index (Phi) is 2.18. The molecular weight excluding hydrogens is 120 g/mol. The minimum atomic E-state index is 0.273. The van der Waals surface area contributed by atoms with Crippen molar-refractivity contribution in [3.63, 3.8) is 0 Å². The summed E-state index contributed by atoms with van der Waals surface area (Å²) >= 11 is 0. The standard InChI is InChI=1S/C10H17/c1-4-6-7-9-8-10(9,3)5-2/h5,9H,2-4,6-8H2,1H3/t9-,10-/m0/s1. The van der Waals surface area contributed by atoms with Gasteiger partial charge in [-0.2, -0.15) is 0 Å². The molecule has 0 heterocycles. The minimum absolute atomic E-state index is 0.273. The zero-order chi connectivity index (χ0) is 7.61. The summed E-state index contributed by atoms with van der Waals surface area (Å²) in [6, 6.07) is 0. The minimum Gasteiger partial charge on any atom is -0.103 e. The van der Waals surface area contributed by atoms with Crippen molar-refractivity contribution in [2.45, 2.75) is 32.6 Å². The van der Waals surface area contributed by atoms with E-state index in [0.717, 1.165) is 5.92 Å². The number of hydrogen-bond donors (Lipinski definition) is 0. The number of hydrogen-bond acceptors (Lipinski definition) is 0. The average Bonchev–Trinajstić information content (AvgIpc) is 2.59. The number of rotatable bonds is 4. The van der Waals surface area contributed by atoms with Crippen LogP contribution in [0.15, 0.2) is 12.7 Å². The highest BCUT2D eigenvalue weighted by molar-refractivity contribution is 5.14. The molecule has 2 atom stereocenters. The van der Waals surface area contributed by atoms with Crippen molar-refractivity contribution in [1.29, 1.82) is 0 Å². The molecule has 0 spiro atoms. The highest BCUT2D eigenvalue weighted by Gasteiger charge is 2.46. The summed E-state index contributed by atoms with van der Waals surface area (Å²) in [4.78, 5) is 0. The van der Waals surface area contributed by atoms with Crippen LogP contribution in [-0.4, -0.2) is 0 Å². The Labute approximate surface area is 64.3 Å². The van der Waals surface area contributed by atoms with Gasteiger partial charge in [-0.15, -0.1) is 6.58 Å². The van der Waals surface area contributed by atoms with E-state index in [1.807, 2.05) is 6.08 Å². The fraction of sp³-hybridized carbons (Fsp3) is 0.700. The summed E-state index contributed by atoms with van der Waals surface area (Å²) in [6.07, 6.45) is 7.31. The van der Waals surface area contributed by atoms with Crippen LogP contribution >= 0.6 is 0 Å². The Morgan fingerprint density at radius 1 is 1.70 bits per heavy atom. The number of allylic oxidation sites excluding steroid dienone is 1. The molecule has 1 saturated carbocycles. The van der Waals surface area contributed by atoms with Crippen LogP contribution in [0, 0.1) is 18.3 Å². The number of unbranched alkanes of at least 4 members (excludes halogenated alkanes) is 1. The van der Waals surface area contributed by atoms with Gasteiger partial charge in [-0.1, -0.05) is 25.8 Å². The van der Waals surface area contributed by atoms with Crippen molar-refractivity contribution >= 4 is 0 Å². The van der Waals surface area contributed by atoms with E-state index >= 15 is 0 Å². The van der Waals surface area contributed by atoms with Gasteiger partial charge in [0.2, 0.25) is 0 Å². The average molecular weight is 137 g/mol. The first kappa shape index (κ1) is 7.84. The predicted octanol–water partition coefficient (Wildman–Crippen LogP) is 3.20. The Morgan fingerprint density at radius 2 is 2.40 bits per heavy atom. The van der Waals surface area contributed by atoms with Crippen LogP contribution in [0.2, 0.25) is 0 Å². The third kappa shape index (κ3) is 1.42. The van der Waals surface area contributed by atoms with Crippen LogP contribution in [0.25, 0.3) is 0 Å². The van der Waals surface area contributed by atoms with Crippen molar-refractivity contribution in [3.05, 3.63) is 19.6 Å². The Balaban J connectivity index is 2.18. The maximum Gasteiger partial charge on any atom is -0.00891 e. The van der Waals surface area contributed by atoms with E-state index in [0.29, 0.717) is 0 Å². The molecule has 1 fully saturated rings. The molecule has 0 saturated heterocycles. The second kappa shape index (κ2) is 2.77. The van der Waals surface area contributed by atoms with Gasteiger partial charge < -0.3 is 0 Å². The zero-order valence-electron chi connectivity index (χ0n) is 6.90. The van der Waals surface area contributed by atoms with E-state index in [1.54, 1.807) is 0 Å². The molecule has 1 aliphatic rings. The van der Waals surface area contributed by atoms with Gasteiger partial charge in [0.05, 0.1) is 0 Å². The Bertz CT molecular complexity index is 126. The fourth-order valence-corrected chi connectivity index (χ4v) is 1.49. The lowest BCUT2D eigenvalue weighted by atomic mass is 10.0. The third-order valence-corrected chi connectivity index (χ3v) is 2.59. The van der Waals surface area contributed by atoms with Crippen molar-refractivity contribution in [2.75, 3.05) is 0 Å². The summed E-state index contributed by atoms with van der Waals surface area (Å²) in [5, 5.41) is 0. The second-order valence-electron chi connectivity index (χ2n) is 3.48. The normalized spacial score (nSPS) is 37.6. The highest BCUT2D eigenvalue weighted by Crippen LogP contribution is 2.55. The van der Waals surface area contributed by atoms with E-state index < -0.39 is 0 Å². The van der Waals surface area contributed by atoms with Crippen LogP contribution in [0.4, 0.5) is 0 Å². The smallest absolute Gasteiger partial charge is 0.00891 e. The van der Waals surface area contributed by atoms with Crippen LogP contribution in [0.5, 0.6) is 0 Å². The van der Waals surface area contributed by atoms with Gasteiger partial charge in [0.1, 0.15) is 0 Å². The molecule has 0 N–H and O–H groups in total.